The van der Waals surface area contributed by atoms with Crippen molar-refractivity contribution in [1.29, 1.82) is 0 Å². The number of benzene rings is 2. The quantitative estimate of drug-likeness (QED) is 0.858. The molecule has 23 heavy (non-hydrogen) atoms. The number of primary amides is 1. The molecule has 0 atom stereocenters. The van der Waals surface area contributed by atoms with E-state index in [4.69, 9.17) is 5.73 Å². The van der Waals surface area contributed by atoms with E-state index < -0.39 is 12.3 Å². The number of carbonyl (C=O) groups is 1. The lowest BCUT2D eigenvalue weighted by Crippen LogP contribution is -2.18. The average Bonchev–Trinajstić information content (AvgIpc) is 2.46. The number of hydrogen-bond acceptors (Lipinski definition) is 3. The second-order valence-electron chi connectivity index (χ2n) is 4.86. The lowest BCUT2D eigenvalue weighted by molar-refractivity contribution is -0.274. The third-order valence-corrected chi connectivity index (χ3v) is 3.00. The summed E-state index contributed by atoms with van der Waals surface area (Å²) in [5, 5.41) is 3.09. The zero-order valence-corrected chi connectivity index (χ0v) is 12.1. The first-order valence-corrected chi connectivity index (χ1v) is 6.77. The number of nitrogens with one attached hydrogen (secondary N) is 1. The monoisotopic (exact) mass is 324 g/mol. The fourth-order valence-corrected chi connectivity index (χ4v) is 2.04. The summed E-state index contributed by atoms with van der Waals surface area (Å²) < 4.78 is 40.4. The Morgan fingerprint density at radius 3 is 2.26 bits per heavy atom. The zero-order chi connectivity index (χ0) is 16.9. The van der Waals surface area contributed by atoms with E-state index in [2.05, 4.69) is 10.1 Å². The maximum absolute atomic E-state index is 12.2. The Labute approximate surface area is 131 Å². The highest BCUT2D eigenvalue weighted by molar-refractivity contribution is 5.92. The summed E-state index contributed by atoms with van der Waals surface area (Å²) in [5.74, 6) is -0.767. The molecule has 0 aliphatic heterocycles. The van der Waals surface area contributed by atoms with Crippen molar-refractivity contribution in [2.24, 2.45) is 5.73 Å². The first kappa shape index (κ1) is 16.8. The second kappa shape index (κ2) is 7.15. The fourth-order valence-electron chi connectivity index (χ4n) is 2.04. The first-order chi connectivity index (χ1) is 10.8. The van der Waals surface area contributed by atoms with Crippen LogP contribution in [0.25, 0.3) is 0 Å². The van der Waals surface area contributed by atoms with E-state index in [1.54, 1.807) is 24.3 Å². The normalized spacial score (nSPS) is 11.3. The third-order valence-electron chi connectivity index (χ3n) is 3.00. The van der Waals surface area contributed by atoms with Crippen LogP contribution < -0.4 is 15.8 Å². The van der Waals surface area contributed by atoms with Crippen molar-refractivity contribution in [2.75, 3.05) is 0 Å². The van der Waals surface area contributed by atoms with Crippen molar-refractivity contribution in [3.05, 3.63) is 65.2 Å². The molecule has 0 radical (unpaired) electrons. The lowest BCUT2D eigenvalue weighted by atomic mass is 10.1. The van der Waals surface area contributed by atoms with Gasteiger partial charge in [-0.05, 0) is 35.4 Å². The van der Waals surface area contributed by atoms with Gasteiger partial charge in [0.15, 0.2) is 0 Å². The number of ether oxygens (including phenoxy) is 1. The molecular weight excluding hydrogens is 309 g/mol. The molecule has 0 spiro atoms. The van der Waals surface area contributed by atoms with Gasteiger partial charge in [0, 0.05) is 18.7 Å². The van der Waals surface area contributed by atoms with Gasteiger partial charge in [0.1, 0.15) is 5.75 Å². The summed E-state index contributed by atoms with van der Waals surface area (Å²) >= 11 is 0. The Morgan fingerprint density at radius 2 is 1.65 bits per heavy atom. The van der Waals surface area contributed by atoms with Gasteiger partial charge in [-0.15, -0.1) is 13.2 Å². The van der Waals surface area contributed by atoms with E-state index in [9.17, 15) is 18.0 Å². The number of rotatable bonds is 6. The van der Waals surface area contributed by atoms with Crippen LogP contribution in [0, 0.1) is 0 Å². The summed E-state index contributed by atoms with van der Waals surface area (Å²) in [7, 11) is 0. The Balaban J connectivity index is 1.92. The van der Waals surface area contributed by atoms with E-state index in [1.807, 2.05) is 6.07 Å². The molecule has 0 saturated heterocycles. The van der Waals surface area contributed by atoms with Gasteiger partial charge < -0.3 is 15.8 Å². The molecule has 2 aromatic carbocycles. The molecule has 7 heteroatoms. The molecular formula is C16H15F3N2O2. The Hall–Kier alpha value is -2.54. The molecule has 0 heterocycles. The van der Waals surface area contributed by atoms with Gasteiger partial charge in [0.05, 0.1) is 0 Å². The van der Waals surface area contributed by atoms with Crippen LogP contribution in [-0.4, -0.2) is 12.3 Å². The van der Waals surface area contributed by atoms with Gasteiger partial charge in [-0.1, -0.05) is 24.3 Å². The molecule has 0 aliphatic rings. The summed E-state index contributed by atoms with van der Waals surface area (Å²) in [6.07, 6.45) is -4.71. The predicted molar refractivity (Wildman–Crippen MR) is 78.6 cm³/mol. The molecule has 3 N–H and O–H groups in total. The zero-order valence-electron chi connectivity index (χ0n) is 12.1. The van der Waals surface area contributed by atoms with E-state index in [1.165, 1.54) is 18.2 Å². The summed E-state index contributed by atoms with van der Waals surface area (Å²) in [6.45, 7) is 0.807. The highest BCUT2D eigenvalue weighted by Gasteiger charge is 2.31. The Bertz CT molecular complexity index is 687. The van der Waals surface area contributed by atoms with Gasteiger partial charge in [0.25, 0.3) is 0 Å². The molecule has 0 aliphatic carbocycles. The molecule has 0 fully saturated rings. The van der Waals surface area contributed by atoms with Crippen molar-refractivity contribution in [1.82, 2.24) is 5.32 Å². The van der Waals surface area contributed by atoms with Crippen LogP contribution in [0.1, 0.15) is 21.5 Å². The smallest absolute Gasteiger partial charge is 0.406 e. The minimum Gasteiger partial charge on any atom is -0.406 e. The van der Waals surface area contributed by atoms with Crippen LogP contribution in [0.2, 0.25) is 0 Å². The standard InChI is InChI=1S/C16H15F3N2O2/c17-16(18,19)23-14-6-2-4-12(8-14)10-21-9-11-3-1-5-13(7-11)15(20)22/h1-8,21H,9-10H2,(H2,20,22). The molecule has 1 amide bonds. The van der Waals surface area contributed by atoms with Gasteiger partial charge in [-0.3, -0.25) is 4.79 Å². The van der Waals surface area contributed by atoms with Gasteiger partial charge in [-0.2, -0.15) is 0 Å². The molecule has 4 nitrogen and oxygen atoms in total. The van der Waals surface area contributed by atoms with Crippen LogP contribution in [0.3, 0.4) is 0 Å². The second-order valence-corrected chi connectivity index (χ2v) is 4.86. The summed E-state index contributed by atoms with van der Waals surface area (Å²) in [6, 6.07) is 12.6. The third kappa shape index (κ3) is 5.63. The largest absolute Gasteiger partial charge is 0.573 e. The maximum Gasteiger partial charge on any atom is 0.573 e. The van der Waals surface area contributed by atoms with Crippen LogP contribution in [-0.2, 0) is 13.1 Å². The highest BCUT2D eigenvalue weighted by atomic mass is 19.4. The van der Waals surface area contributed by atoms with Gasteiger partial charge in [-0.25, -0.2) is 0 Å². The van der Waals surface area contributed by atoms with Crippen molar-refractivity contribution >= 4 is 5.91 Å². The van der Waals surface area contributed by atoms with Gasteiger partial charge in [0.2, 0.25) is 5.91 Å². The minimum atomic E-state index is -4.71. The lowest BCUT2D eigenvalue weighted by Gasteiger charge is -2.10. The van der Waals surface area contributed by atoms with Crippen molar-refractivity contribution in [3.8, 4) is 5.75 Å². The maximum atomic E-state index is 12.2. The highest BCUT2D eigenvalue weighted by Crippen LogP contribution is 2.23. The minimum absolute atomic E-state index is 0.257. The van der Waals surface area contributed by atoms with Gasteiger partial charge >= 0.3 is 6.36 Å². The summed E-state index contributed by atoms with van der Waals surface area (Å²) in [4.78, 5) is 11.1. The van der Waals surface area contributed by atoms with E-state index in [-0.39, 0.29) is 5.75 Å². The molecule has 0 bridgehead atoms. The number of nitrogens with two attached hydrogens (primary N) is 1. The molecule has 0 unspecified atom stereocenters. The van der Waals surface area contributed by atoms with Crippen molar-refractivity contribution in [3.63, 3.8) is 0 Å². The SMILES string of the molecule is NC(=O)c1cccc(CNCc2cccc(OC(F)(F)F)c2)c1. The van der Waals surface area contributed by atoms with E-state index in [0.29, 0.717) is 24.2 Å². The van der Waals surface area contributed by atoms with Crippen LogP contribution >= 0.6 is 0 Å². The first-order valence-electron chi connectivity index (χ1n) is 6.77. The number of amides is 1. The summed E-state index contributed by atoms with van der Waals surface area (Å²) in [5.41, 5.74) is 7.11. The molecule has 122 valence electrons. The predicted octanol–water partition coefficient (Wildman–Crippen LogP) is 2.97. The molecule has 0 saturated carbocycles. The van der Waals surface area contributed by atoms with Crippen LogP contribution in [0.15, 0.2) is 48.5 Å². The number of halogens is 3. The molecule has 2 rings (SSSR count). The number of alkyl halides is 3. The molecule has 0 aromatic heterocycles. The Kier molecular flexibility index (Phi) is 5.23. The Morgan fingerprint density at radius 1 is 1.04 bits per heavy atom. The number of carbonyl (C=O) groups excluding carboxylic acids is 1. The van der Waals surface area contributed by atoms with E-state index >= 15 is 0 Å². The van der Waals surface area contributed by atoms with Crippen molar-refractivity contribution < 1.29 is 22.7 Å². The van der Waals surface area contributed by atoms with Crippen LogP contribution in [0.5, 0.6) is 5.75 Å². The topological polar surface area (TPSA) is 64.4 Å². The van der Waals surface area contributed by atoms with E-state index in [0.717, 1.165) is 5.56 Å². The fraction of sp³-hybridized carbons (Fsp3) is 0.188. The number of hydrogen-bond donors (Lipinski definition) is 2. The molecule has 2 aromatic rings. The van der Waals surface area contributed by atoms with Crippen molar-refractivity contribution in [2.45, 2.75) is 19.5 Å². The average molecular weight is 324 g/mol. The van der Waals surface area contributed by atoms with Crippen LogP contribution in [0.4, 0.5) is 13.2 Å².